The Hall–Kier alpha value is -2.33. The molecule has 1 unspecified atom stereocenters. The van der Waals surface area contributed by atoms with Gasteiger partial charge in [0.2, 0.25) is 11.8 Å². The van der Waals surface area contributed by atoms with E-state index in [0.29, 0.717) is 25.3 Å². The fourth-order valence-corrected chi connectivity index (χ4v) is 3.02. The number of carbonyl (C=O) groups excluding carboxylic acids is 2. The van der Waals surface area contributed by atoms with Crippen LogP contribution in [0.4, 0.5) is 18.9 Å². The number of amides is 2. The van der Waals surface area contributed by atoms with Crippen LogP contribution in [0.2, 0.25) is 0 Å². The minimum Gasteiger partial charge on any atom is -0.406 e. The van der Waals surface area contributed by atoms with Crippen LogP contribution in [-0.2, 0) is 9.59 Å². The van der Waals surface area contributed by atoms with Crippen molar-refractivity contribution in [3.8, 4) is 5.75 Å². The number of anilines is 1. The van der Waals surface area contributed by atoms with Gasteiger partial charge in [-0.05, 0) is 44.2 Å². The van der Waals surface area contributed by atoms with Gasteiger partial charge >= 0.3 is 6.36 Å². The Morgan fingerprint density at radius 2 is 1.79 bits per heavy atom. The van der Waals surface area contributed by atoms with Gasteiger partial charge in [0.25, 0.3) is 0 Å². The molecule has 1 aliphatic rings. The van der Waals surface area contributed by atoms with Crippen LogP contribution in [0.3, 0.4) is 0 Å². The van der Waals surface area contributed by atoms with Crippen LogP contribution in [0.25, 0.3) is 0 Å². The molecule has 1 heterocycles. The Bertz CT molecular complexity index is 695. The first kappa shape index (κ1) is 23.0. The van der Waals surface area contributed by atoms with Crippen molar-refractivity contribution in [2.45, 2.75) is 25.7 Å². The van der Waals surface area contributed by atoms with Gasteiger partial charge in [0, 0.05) is 39.4 Å². The van der Waals surface area contributed by atoms with Crippen molar-refractivity contribution in [1.29, 1.82) is 0 Å². The monoisotopic (exact) mass is 416 g/mol. The van der Waals surface area contributed by atoms with E-state index in [9.17, 15) is 22.8 Å². The lowest BCUT2D eigenvalue weighted by Crippen LogP contribution is -2.44. The van der Waals surface area contributed by atoms with Crippen molar-refractivity contribution in [2.75, 3.05) is 52.1 Å². The number of nitrogens with one attached hydrogen (secondary N) is 1. The highest BCUT2D eigenvalue weighted by Gasteiger charge is 2.31. The molecule has 0 spiro atoms. The molecule has 0 aliphatic carbocycles. The summed E-state index contributed by atoms with van der Waals surface area (Å²) in [5.74, 6) is -0.544. The van der Waals surface area contributed by atoms with Crippen LogP contribution in [0.15, 0.2) is 24.3 Å². The highest BCUT2D eigenvalue weighted by Crippen LogP contribution is 2.24. The summed E-state index contributed by atoms with van der Waals surface area (Å²) < 4.78 is 40.5. The Balaban J connectivity index is 1.87. The van der Waals surface area contributed by atoms with Crippen LogP contribution < -0.4 is 10.1 Å². The van der Waals surface area contributed by atoms with Crippen molar-refractivity contribution < 1.29 is 27.5 Å². The number of benzene rings is 1. The zero-order valence-electron chi connectivity index (χ0n) is 16.8. The third kappa shape index (κ3) is 7.54. The first-order valence-corrected chi connectivity index (χ1v) is 9.38. The van der Waals surface area contributed by atoms with Crippen molar-refractivity contribution in [1.82, 2.24) is 14.7 Å². The molecule has 0 bridgehead atoms. The highest BCUT2D eigenvalue weighted by molar-refractivity contribution is 5.94. The predicted molar refractivity (Wildman–Crippen MR) is 103 cm³/mol. The van der Waals surface area contributed by atoms with E-state index in [-0.39, 0.29) is 17.6 Å². The summed E-state index contributed by atoms with van der Waals surface area (Å²) in [5.41, 5.74) is 0.393. The maximum atomic E-state index is 12.5. The molecule has 1 saturated heterocycles. The van der Waals surface area contributed by atoms with E-state index in [1.807, 2.05) is 4.90 Å². The van der Waals surface area contributed by atoms with Gasteiger partial charge in [0.15, 0.2) is 0 Å². The number of alkyl halides is 3. The molecule has 1 aromatic rings. The summed E-state index contributed by atoms with van der Waals surface area (Å²) in [6.07, 6.45) is -3.92. The lowest BCUT2D eigenvalue weighted by Gasteiger charge is -2.27. The number of likely N-dealkylation sites (N-methyl/N-ethyl adjacent to an activating group) is 1. The van der Waals surface area contributed by atoms with Crippen LogP contribution in [0.5, 0.6) is 5.75 Å². The summed E-state index contributed by atoms with van der Waals surface area (Å²) in [4.78, 5) is 30.1. The molecule has 2 rings (SSSR count). The van der Waals surface area contributed by atoms with Gasteiger partial charge in [-0.3, -0.25) is 19.4 Å². The number of ether oxygens (including phenoxy) is 1. The highest BCUT2D eigenvalue weighted by atomic mass is 19.4. The molecule has 1 aromatic carbocycles. The van der Waals surface area contributed by atoms with Crippen molar-refractivity contribution in [3.05, 3.63) is 24.3 Å². The Morgan fingerprint density at radius 1 is 1.14 bits per heavy atom. The number of halogens is 3. The summed E-state index contributed by atoms with van der Waals surface area (Å²) in [6.45, 7) is 4.98. The second-order valence-corrected chi connectivity index (χ2v) is 7.19. The second kappa shape index (κ2) is 9.93. The van der Waals surface area contributed by atoms with Gasteiger partial charge in [-0.15, -0.1) is 13.2 Å². The van der Waals surface area contributed by atoms with Crippen LogP contribution >= 0.6 is 0 Å². The Morgan fingerprint density at radius 3 is 2.38 bits per heavy atom. The maximum Gasteiger partial charge on any atom is 0.573 e. The van der Waals surface area contributed by atoms with Gasteiger partial charge in [-0.25, -0.2) is 0 Å². The van der Waals surface area contributed by atoms with E-state index in [2.05, 4.69) is 15.0 Å². The number of nitrogens with zero attached hydrogens (tertiary/aromatic N) is 3. The minimum atomic E-state index is -4.75. The SMILES string of the molecule is CC(C(=O)Nc1ccc(OC(F)(F)F)cc1)N1CCCN(CC(=O)N(C)C)CC1. The lowest BCUT2D eigenvalue weighted by atomic mass is 10.2. The number of hydrogen-bond acceptors (Lipinski definition) is 5. The van der Waals surface area contributed by atoms with E-state index < -0.39 is 12.4 Å². The molecular weight excluding hydrogens is 389 g/mol. The van der Waals surface area contributed by atoms with Gasteiger partial charge < -0.3 is 15.0 Å². The largest absolute Gasteiger partial charge is 0.573 e. The average Bonchev–Trinajstić information content (AvgIpc) is 2.87. The predicted octanol–water partition coefficient (Wildman–Crippen LogP) is 2.01. The van der Waals surface area contributed by atoms with Gasteiger partial charge in [-0.1, -0.05) is 0 Å². The molecule has 1 atom stereocenters. The molecule has 162 valence electrons. The molecule has 1 fully saturated rings. The molecule has 2 amide bonds. The third-order valence-corrected chi connectivity index (χ3v) is 4.76. The summed E-state index contributed by atoms with van der Waals surface area (Å²) in [7, 11) is 3.45. The summed E-state index contributed by atoms with van der Waals surface area (Å²) in [6, 6.07) is 4.62. The van der Waals surface area contributed by atoms with Crippen molar-refractivity contribution in [2.24, 2.45) is 0 Å². The Kier molecular flexibility index (Phi) is 7.86. The second-order valence-electron chi connectivity index (χ2n) is 7.19. The lowest BCUT2D eigenvalue weighted by molar-refractivity contribution is -0.274. The molecule has 29 heavy (non-hydrogen) atoms. The van der Waals surface area contributed by atoms with E-state index in [4.69, 9.17) is 0 Å². The summed E-state index contributed by atoms with van der Waals surface area (Å²) >= 11 is 0. The van der Waals surface area contributed by atoms with Gasteiger partial charge in [0.05, 0.1) is 12.6 Å². The molecule has 0 radical (unpaired) electrons. The Labute approximate surface area is 168 Å². The topological polar surface area (TPSA) is 65.1 Å². The minimum absolute atomic E-state index is 0.0437. The maximum absolute atomic E-state index is 12.5. The molecular formula is C19H27F3N4O3. The zero-order valence-corrected chi connectivity index (χ0v) is 16.8. The fourth-order valence-electron chi connectivity index (χ4n) is 3.02. The van der Waals surface area contributed by atoms with Crippen LogP contribution in [0.1, 0.15) is 13.3 Å². The standard InChI is InChI=1S/C19H27F3N4O3/c1-14(26-10-4-9-25(11-12-26)13-17(27)24(2)3)18(28)23-15-5-7-16(8-6-15)29-19(20,21)22/h5-8,14H,4,9-13H2,1-3H3,(H,23,28). The first-order chi connectivity index (χ1) is 13.5. The molecule has 10 heteroatoms. The van der Waals surface area contributed by atoms with Crippen molar-refractivity contribution >= 4 is 17.5 Å². The molecule has 0 saturated carbocycles. The van der Waals surface area contributed by atoms with E-state index >= 15 is 0 Å². The molecule has 1 aliphatic heterocycles. The first-order valence-electron chi connectivity index (χ1n) is 9.38. The number of rotatable bonds is 6. The van der Waals surface area contributed by atoms with Crippen LogP contribution in [-0.4, -0.2) is 85.7 Å². The average molecular weight is 416 g/mol. The fraction of sp³-hybridized carbons (Fsp3) is 0.579. The quantitative estimate of drug-likeness (QED) is 0.769. The zero-order chi connectivity index (χ0) is 21.6. The van der Waals surface area contributed by atoms with E-state index in [1.165, 1.54) is 12.1 Å². The smallest absolute Gasteiger partial charge is 0.406 e. The molecule has 7 nitrogen and oxygen atoms in total. The normalized spacial score (nSPS) is 17.3. The van der Waals surface area contributed by atoms with Gasteiger partial charge in [0.1, 0.15) is 5.75 Å². The summed E-state index contributed by atoms with van der Waals surface area (Å²) in [5, 5.41) is 2.72. The third-order valence-electron chi connectivity index (χ3n) is 4.76. The molecule has 1 N–H and O–H groups in total. The number of hydrogen-bond donors (Lipinski definition) is 1. The van der Waals surface area contributed by atoms with Crippen molar-refractivity contribution in [3.63, 3.8) is 0 Å². The van der Waals surface area contributed by atoms with E-state index in [1.54, 1.807) is 25.9 Å². The van der Waals surface area contributed by atoms with Gasteiger partial charge in [-0.2, -0.15) is 0 Å². The van der Waals surface area contributed by atoms with Crippen LogP contribution in [0, 0.1) is 0 Å². The number of carbonyl (C=O) groups is 2. The molecule has 0 aromatic heterocycles. The van der Waals surface area contributed by atoms with E-state index in [0.717, 1.165) is 31.6 Å².